The Hall–Kier alpha value is -11.3. The number of unbranched alkanes of at least 4 members (excludes halogenated alkanes) is 1. The zero-order chi connectivity index (χ0) is 110. The third-order valence-electron chi connectivity index (χ3n) is 30.7. The van der Waals surface area contributed by atoms with Gasteiger partial charge in [0.1, 0.15) is 62.7 Å². The van der Waals surface area contributed by atoms with Gasteiger partial charge in [-0.3, -0.25) is 86.5 Å². The van der Waals surface area contributed by atoms with E-state index >= 15 is 0 Å². The number of hydrogen-bond acceptors (Lipinski definition) is 22. The normalized spacial score (nSPS) is 24.1. The smallest absolute Gasteiger partial charge is 0.319 e. The van der Waals surface area contributed by atoms with Crippen LogP contribution in [0.2, 0.25) is 0 Å². The molecule has 816 valence electrons. The number of amides is 21. The van der Waals surface area contributed by atoms with Crippen molar-refractivity contribution in [1.29, 1.82) is 0 Å². The summed E-state index contributed by atoms with van der Waals surface area (Å²) in [6, 6.07) is -12.5. The molecule has 3 unspecified atom stereocenters. The molecule has 0 aromatic carbocycles. The number of morpholine rings is 2. The second-order valence-electron chi connectivity index (χ2n) is 49.3. The zero-order valence-electron chi connectivity index (χ0n) is 91.4. The van der Waals surface area contributed by atoms with Crippen molar-refractivity contribution >= 4 is 118 Å². The number of imide groups is 2. The molecule has 6 saturated heterocycles. The number of urea groups is 4. The van der Waals surface area contributed by atoms with Crippen LogP contribution in [0, 0.1) is 90.2 Å². The zero-order valence-corrected chi connectivity index (χ0v) is 91.4. The molecule has 4 aliphatic carbocycles. The maximum Gasteiger partial charge on any atom is 0.319 e. The first-order valence-electron chi connectivity index (χ1n) is 51.6. The Labute approximate surface area is 861 Å². The summed E-state index contributed by atoms with van der Waals surface area (Å²) >= 11 is 0. The van der Waals surface area contributed by atoms with Crippen LogP contribution in [0.1, 0.15) is 238 Å². The first-order chi connectivity index (χ1) is 67.5. The lowest BCUT2D eigenvalue weighted by Gasteiger charge is -2.41. The van der Waals surface area contributed by atoms with Crippen molar-refractivity contribution in [1.82, 2.24) is 98.1 Å². The third kappa shape index (κ3) is 29.7. The van der Waals surface area contributed by atoms with Crippen molar-refractivity contribution in [3.05, 3.63) is 38.0 Å². The molecule has 41 nitrogen and oxygen atoms in total. The van der Waals surface area contributed by atoms with E-state index in [4.69, 9.17) is 9.47 Å². The molecule has 18 atom stereocenters. The Balaban J connectivity index is 0.000000267. The molecular weight excluding hydrogens is 1880 g/mol. The van der Waals surface area contributed by atoms with Gasteiger partial charge in [0, 0.05) is 79.0 Å². The van der Waals surface area contributed by atoms with Gasteiger partial charge in [-0.1, -0.05) is 230 Å². The highest BCUT2D eigenvalue weighted by molar-refractivity contribution is 6.39. The molecule has 146 heavy (non-hydrogen) atoms. The van der Waals surface area contributed by atoms with Gasteiger partial charge < -0.3 is 97.8 Å². The molecule has 21 amide bonds. The summed E-state index contributed by atoms with van der Waals surface area (Å²) in [7, 11) is 1.77. The largest absolute Gasteiger partial charge is 0.362 e. The fraction of sp³-hybridized carbons (Fsp3) is 0.752. The van der Waals surface area contributed by atoms with E-state index in [9.17, 15) is 95.9 Å². The highest BCUT2D eigenvalue weighted by Gasteiger charge is 2.73. The Bertz CT molecular complexity index is 4890. The second-order valence-corrected chi connectivity index (χ2v) is 49.3. The monoisotopic (exact) mass is 2050 g/mol. The summed E-state index contributed by atoms with van der Waals surface area (Å²) in [4.78, 5) is 275. The Morgan fingerprint density at radius 3 is 0.966 bits per heavy atom. The summed E-state index contributed by atoms with van der Waals surface area (Å²) in [5.41, 5.74) is -4.44. The van der Waals surface area contributed by atoms with Crippen molar-refractivity contribution in [3.8, 4) is 0 Å². The van der Waals surface area contributed by atoms with E-state index in [1.165, 1.54) is 28.0 Å². The second kappa shape index (κ2) is 47.9. The standard InChI is InChI=1S/C36H59N7O6.C35H56N6O8.C34H54N6O8/c1-11-15-37-30(46)27(44)23(18-21-13-14-21)38-29(45)26-25-22(36(25,8)9)19-43(26)31(47)28(35(5,6)7)40-32(48)39-24(34(2,3)4)20-42-17-12-16-41(10)33(42)49;1-11-13-14-21(27(44)30(46)36-15-12-2)37-29(45)26-25-20(35(25,9)10)16-41(26)31(47)28(34(6,7)8)39-32(48)38-22(33(3,4)5)17-40-23(42)18-49-19-24(40)43;1-11-13-20(26(43)29(45)35-14-12-2)36-28(44)25-24-19(34(24,9)10)15-40(25)30(46)27(33(6,7)8)38-31(47)37-21(32(3,4)5)16-39-22(41)17-48-18-23(39)42/h11,21-26,28H,1,12-20H2,2-10H3,(H,37,46)(H,38,45)(H2,39,40,48);12,20-22,25-26,28H,2,11,13-19H2,1,3-10H3,(H,36,46)(H,37,45)(H2,38,39,48);12,19-21,24-25,27H,2,11,13-18H2,1,3-10H3,(H,35,45)(H,36,44)(H2,37,38,47)/t22-,23?,24+,25-,26-,28+;20-,21?,22+,25-,26-,28+;19-,20?,21+,24-,25-,27+/m000/s1. The molecule has 0 aromatic rings. The minimum absolute atomic E-state index is 0.0381. The van der Waals surface area contributed by atoms with E-state index in [1.54, 1.807) is 63.3 Å². The lowest BCUT2D eigenvalue weighted by atomic mass is 9.84. The number of rotatable bonds is 40. The predicted molar refractivity (Wildman–Crippen MR) is 545 cm³/mol. The summed E-state index contributed by atoms with van der Waals surface area (Å²) in [6.45, 7) is 62.2. The van der Waals surface area contributed by atoms with Crippen LogP contribution in [-0.2, 0) is 86.2 Å². The molecule has 0 bridgehead atoms. The molecule has 0 radical (unpaired) electrons. The van der Waals surface area contributed by atoms with Gasteiger partial charge in [0.15, 0.2) is 0 Å². The van der Waals surface area contributed by atoms with Crippen molar-refractivity contribution < 1.29 is 105 Å². The first-order valence-corrected chi connectivity index (χ1v) is 51.6. The quantitative estimate of drug-likeness (QED) is 0.0213. The third-order valence-corrected chi connectivity index (χ3v) is 30.7. The van der Waals surface area contributed by atoms with Crippen molar-refractivity contribution in [3.63, 3.8) is 0 Å². The number of carbonyl (C=O) groups is 20. The molecule has 0 aromatic heterocycles. The molecule has 12 N–H and O–H groups in total. The molecule has 10 fully saturated rings. The summed E-state index contributed by atoms with van der Waals surface area (Å²) in [5.74, 6) is -9.43. The van der Waals surface area contributed by atoms with Gasteiger partial charge in [0.05, 0.1) is 36.3 Å². The summed E-state index contributed by atoms with van der Waals surface area (Å²) in [6.07, 6.45) is 9.85. The van der Waals surface area contributed by atoms with Crippen LogP contribution < -0.4 is 63.8 Å². The van der Waals surface area contributed by atoms with Gasteiger partial charge >= 0.3 is 24.1 Å². The average molecular weight is 2050 g/mol. The predicted octanol–water partition coefficient (Wildman–Crippen LogP) is 5.18. The molecule has 10 rings (SSSR count). The highest BCUT2D eigenvalue weighted by Crippen LogP contribution is 2.67. The number of piperidine rings is 3. The van der Waals surface area contributed by atoms with Crippen molar-refractivity contribution in [2.24, 2.45) is 90.2 Å². The van der Waals surface area contributed by atoms with E-state index in [2.05, 4.69) is 97.4 Å². The maximum absolute atomic E-state index is 14.4. The number of hydrogen-bond donors (Lipinski definition) is 12. The van der Waals surface area contributed by atoms with Gasteiger partial charge in [0.2, 0.25) is 52.8 Å². The van der Waals surface area contributed by atoms with E-state index in [0.29, 0.717) is 58.5 Å². The van der Waals surface area contributed by atoms with Crippen LogP contribution in [0.5, 0.6) is 0 Å². The molecule has 41 heteroatoms. The van der Waals surface area contributed by atoms with Crippen LogP contribution in [0.15, 0.2) is 38.0 Å². The van der Waals surface area contributed by atoms with Crippen molar-refractivity contribution in [2.75, 3.05) is 105 Å². The van der Waals surface area contributed by atoms with E-state index in [1.807, 2.05) is 125 Å². The Morgan fingerprint density at radius 2 is 0.685 bits per heavy atom. The number of ether oxygens (including phenoxy) is 2. The fourth-order valence-corrected chi connectivity index (χ4v) is 20.8. The van der Waals surface area contributed by atoms with E-state index < -0.39 is 211 Å². The molecular formula is C105H169N19O22. The number of carbonyl (C=O) groups excluding carboxylic acids is 20. The van der Waals surface area contributed by atoms with E-state index in [0.717, 1.165) is 35.5 Å². The number of likely N-dealkylation sites (tertiary alicyclic amines) is 3. The minimum Gasteiger partial charge on any atom is -0.362 e. The lowest BCUT2D eigenvalue weighted by molar-refractivity contribution is -0.160. The Morgan fingerprint density at radius 1 is 0.390 bits per heavy atom. The van der Waals surface area contributed by atoms with Gasteiger partial charge in [-0.25, -0.2) is 19.2 Å². The van der Waals surface area contributed by atoms with E-state index in [-0.39, 0.29) is 142 Å². The van der Waals surface area contributed by atoms with Crippen LogP contribution in [0.3, 0.4) is 0 Å². The molecule has 6 heterocycles. The lowest BCUT2D eigenvalue weighted by Crippen LogP contribution is -2.63. The van der Waals surface area contributed by atoms with Crippen LogP contribution in [0.4, 0.5) is 19.2 Å². The van der Waals surface area contributed by atoms with Gasteiger partial charge in [-0.2, -0.15) is 0 Å². The van der Waals surface area contributed by atoms with Crippen LogP contribution in [0.25, 0.3) is 0 Å². The minimum atomic E-state index is -1.06. The number of fused-ring (bicyclic) bond motifs is 3. The fourth-order valence-electron chi connectivity index (χ4n) is 20.8. The number of nitrogens with zero attached hydrogens (tertiary/aromatic N) is 7. The first kappa shape index (κ1) is 120. The Kier molecular flexibility index (Phi) is 39.4. The summed E-state index contributed by atoms with van der Waals surface area (Å²) in [5, 5.41) is 33.2. The highest BCUT2D eigenvalue weighted by atomic mass is 16.5. The van der Waals surface area contributed by atoms with Crippen LogP contribution >= 0.6 is 0 Å². The molecule has 10 aliphatic rings. The van der Waals surface area contributed by atoms with Gasteiger partial charge in [-0.05, 0) is 116 Å². The molecule has 0 spiro atoms. The SMILES string of the molecule is C=CCNC(=O)C(=O)C(CC1CC1)NC(=O)[C@@H]1[C@@H]2[C@H](CN1C(=O)[C@@H](NC(=O)N[C@H](CN1CCCN(C)C1=O)C(C)(C)C)C(C)(C)C)C2(C)C.C=CCNC(=O)C(=O)C(CCC)NC(=O)[C@@H]1[C@@H]2[C@H](CN1C(=O)[C@@H](NC(=O)N[C@H](CN1C(=O)COCC1=O)C(C)(C)C)C(C)(C)C)C2(C)C.C=CCNC(=O)C(=O)C(CCCC)NC(=O)[C@@H]1[C@@H]2[C@H](CN1C(=O)[C@@H](NC(=O)N[C@H](CN1C(=O)COCC1=O)C(C)(C)C)C(C)(C)C)C2(C)C. The van der Waals surface area contributed by atoms with Crippen LogP contribution in [-0.4, -0.2) is 331 Å². The molecule has 6 aliphatic heterocycles. The molecule has 4 saturated carbocycles. The van der Waals surface area contributed by atoms with Gasteiger partial charge in [0.25, 0.3) is 41.4 Å². The van der Waals surface area contributed by atoms with Crippen molar-refractivity contribution in [2.45, 2.75) is 310 Å². The number of ketones is 3. The topological polar surface area (TPSA) is 527 Å². The average Bonchev–Trinajstić information content (AvgIpc) is 1.53. The summed E-state index contributed by atoms with van der Waals surface area (Å²) < 4.78 is 10.0. The van der Waals surface area contributed by atoms with Gasteiger partial charge in [-0.15, -0.1) is 19.7 Å². The number of Topliss-reactive ketones (excluding diaryl/α,β-unsaturated/α-hetero) is 3. The number of nitrogens with one attached hydrogen (secondary N) is 12. The maximum atomic E-state index is 14.4.